The van der Waals surface area contributed by atoms with Crippen molar-refractivity contribution in [1.82, 2.24) is 0 Å². The van der Waals surface area contributed by atoms with Crippen LogP contribution in [0, 0.1) is 14.9 Å². The maximum Gasteiger partial charge on any atom is 2.00 e. The van der Waals surface area contributed by atoms with E-state index in [1.165, 1.54) is 37.8 Å². The molecule has 0 aliphatic heterocycles. The minimum Gasteiger partial charge on any atom is -0.358 e. The minimum atomic E-state index is -0.678. The summed E-state index contributed by atoms with van der Waals surface area (Å²) in [5, 5.41) is 0. The Morgan fingerprint density at radius 3 is 0.842 bits per heavy atom. The van der Waals surface area contributed by atoms with Crippen LogP contribution >= 0.6 is 0 Å². The van der Waals surface area contributed by atoms with Gasteiger partial charge in [-0.2, -0.15) is 0 Å². The summed E-state index contributed by atoms with van der Waals surface area (Å²) in [7, 11) is -1.36. The summed E-state index contributed by atoms with van der Waals surface area (Å²) >= 11 is 0. The molecule has 0 saturated carbocycles. The van der Waals surface area contributed by atoms with Gasteiger partial charge in [-0.25, -0.2) is 0 Å². The van der Waals surface area contributed by atoms with Gasteiger partial charge in [-0.1, -0.05) is 90.9 Å². The fourth-order valence-electron chi connectivity index (χ4n) is 1.41. The zero-order chi connectivity index (χ0) is 13.2. The van der Waals surface area contributed by atoms with Gasteiger partial charge < -0.3 is 14.9 Å². The molecule has 0 heterocycles. The van der Waals surface area contributed by atoms with Crippen LogP contribution in [0.15, 0.2) is 0 Å². The standard InChI is InChI=1S/2C7H18Si.2CH3.Ni/c2*1-5-6-7-8(2,3)4;;;/h2*5-7H2,1-4H3;2*1H3;/q;;2*-1;+2. The summed E-state index contributed by atoms with van der Waals surface area (Å²) in [5.41, 5.74) is 0. The predicted molar refractivity (Wildman–Crippen MR) is 99.0 cm³/mol. The van der Waals surface area contributed by atoms with Gasteiger partial charge in [0.25, 0.3) is 0 Å². The van der Waals surface area contributed by atoms with Crippen molar-refractivity contribution in [3.8, 4) is 0 Å². The summed E-state index contributed by atoms with van der Waals surface area (Å²) in [5.74, 6) is 0. The Balaban J connectivity index is -0.0000000594. The van der Waals surface area contributed by atoms with E-state index in [0.29, 0.717) is 0 Å². The molecule has 0 atom stereocenters. The summed E-state index contributed by atoms with van der Waals surface area (Å²) in [6, 6.07) is 3.01. The zero-order valence-electron chi connectivity index (χ0n) is 15.6. The van der Waals surface area contributed by atoms with E-state index in [2.05, 4.69) is 53.1 Å². The Morgan fingerprint density at radius 2 is 0.789 bits per heavy atom. The maximum absolute atomic E-state index is 2.43. The molecule has 124 valence electrons. The van der Waals surface area contributed by atoms with Gasteiger partial charge in [0.2, 0.25) is 0 Å². The quantitative estimate of drug-likeness (QED) is 0.353. The summed E-state index contributed by atoms with van der Waals surface area (Å²) in [4.78, 5) is 0. The normalized spacial score (nSPS) is 10.1. The van der Waals surface area contributed by atoms with Crippen molar-refractivity contribution in [2.24, 2.45) is 0 Å². The van der Waals surface area contributed by atoms with E-state index in [9.17, 15) is 0 Å². The maximum atomic E-state index is 2.43. The van der Waals surface area contributed by atoms with Gasteiger partial charge in [-0.3, -0.25) is 0 Å². The first-order valence-corrected chi connectivity index (χ1v) is 14.5. The number of hydrogen-bond donors (Lipinski definition) is 0. The van der Waals surface area contributed by atoms with E-state index >= 15 is 0 Å². The molecule has 0 aromatic carbocycles. The fourth-order valence-corrected chi connectivity index (χ4v) is 4.24. The first-order chi connectivity index (χ1) is 7.12. The molecule has 0 nitrogen and oxygen atoms in total. The smallest absolute Gasteiger partial charge is 0.358 e. The van der Waals surface area contributed by atoms with Crippen LogP contribution in [0.1, 0.15) is 39.5 Å². The number of rotatable bonds is 6. The van der Waals surface area contributed by atoms with Gasteiger partial charge in [0.1, 0.15) is 0 Å². The first kappa shape index (κ1) is 32.0. The molecule has 0 unspecified atom stereocenters. The molecular weight excluding hydrogens is 307 g/mol. The Hall–Kier alpha value is 0.927. The number of unbranched alkanes of at least 4 members (excludes halogenated alkanes) is 2. The van der Waals surface area contributed by atoms with Crippen LogP contribution in [-0.2, 0) is 16.5 Å². The second-order valence-corrected chi connectivity index (χ2v) is 18.6. The Kier molecular flexibility index (Phi) is 28.6. The molecular formula is C16H42NiSi2. The van der Waals surface area contributed by atoms with Crippen LogP contribution in [0.25, 0.3) is 0 Å². The number of hydrogen-bond acceptors (Lipinski definition) is 0. The first-order valence-electron chi connectivity index (χ1n) is 7.12. The second-order valence-electron chi connectivity index (χ2n) is 7.33. The minimum absolute atomic E-state index is 0. The van der Waals surface area contributed by atoms with Crippen LogP contribution in [-0.4, -0.2) is 16.1 Å². The molecule has 0 bridgehead atoms. The van der Waals surface area contributed by atoms with Crippen molar-refractivity contribution < 1.29 is 16.5 Å². The SMILES string of the molecule is CCCC[Si](C)(C)C.CCCC[Si](C)(C)C.[CH3-].[CH3-].[Ni+2]. The van der Waals surface area contributed by atoms with Crippen molar-refractivity contribution in [2.45, 2.75) is 90.9 Å². The molecule has 0 N–H and O–H groups in total. The van der Waals surface area contributed by atoms with Crippen LogP contribution in [0.5, 0.6) is 0 Å². The molecule has 3 heteroatoms. The van der Waals surface area contributed by atoms with Gasteiger partial charge in [0.05, 0.1) is 0 Å². The molecule has 0 aliphatic carbocycles. The average Bonchev–Trinajstić information content (AvgIpc) is 2.10. The van der Waals surface area contributed by atoms with Crippen LogP contribution in [0.2, 0.25) is 51.4 Å². The van der Waals surface area contributed by atoms with Gasteiger partial charge in [0.15, 0.2) is 0 Å². The fraction of sp³-hybridized carbons (Fsp3) is 0.875. The van der Waals surface area contributed by atoms with Gasteiger partial charge in [-0.05, 0) is 0 Å². The average molecular weight is 349 g/mol. The van der Waals surface area contributed by atoms with Crippen molar-refractivity contribution in [3.63, 3.8) is 0 Å². The molecule has 19 heavy (non-hydrogen) atoms. The molecule has 0 spiro atoms. The van der Waals surface area contributed by atoms with Crippen LogP contribution < -0.4 is 0 Å². The summed E-state index contributed by atoms with van der Waals surface area (Å²) in [6.07, 6.45) is 5.61. The van der Waals surface area contributed by atoms with Gasteiger partial charge >= 0.3 is 16.5 Å². The van der Waals surface area contributed by atoms with Crippen molar-refractivity contribution in [3.05, 3.63) is 14.9 Å². The van der Waals surface area contributed by atoms with Crippen LogP contribution in [0.4, 0.5) is 0 Å². The van der Waals surface area contributed by atoms with Gasteiger partial charge in [0, 0.05) is 16.1 Å². The third-order valence-electron chi connectivity index (χ3n) is 2.56. The topological polar surface area (TPSA) is 0 Å². The molecule has 0 radical (unpaired) electrons. The Bertz CT molecular complexity index is 128. The Labute approximate surface area is 138 Å². The predicted octanol–water partition coefficient (Wildman–Crippen LogP) is 7.15. The van der Waals surface area contributed by atoms with E-state index in [4.69, 9.17) is 0 Å². The third-order valence-corrected chi connectivity index (χ3v) is 6.27. The molecule has 0 amide bonds. The molecule has 0 aromatic heterocycles. The third kappa shape index (κ3) is 45.4. The van der Waals surface area contributed by atoms with Crippen molar-refractivity contribution in [2.75, 3.05) is 0 Å². The van der Waals surface area contributed by atoms with E-state index < -0.39 is 16.1 Å². The van der Waals surface area contributed by atoms with E-state index in [1.807, 2.05) is 0 Å². The second kappa shape index (κ2) is 17.0. The van der Waals surface area contributed by atoms with E-state index in [-0.39, 0.29) is 31.3 Å². The zero-order valence-corrected chi connectivity index (χ0v) is 18.5. The molecule has 0 saturated heterocycles. The Morgan fingerprint density at radius 1 is 0.579 bits per heavy atom. The molecule has 0 aromatic rings. The monoisotopic (exact) mass is 348 g/mol. The largest absolute Gasteiger partial charge is 2.00 e. The van der Waals surface area contributed by atoms with E-state index in [1.54, 1.807) is 0 Å². The summed E-state index contributed by atoms with van der Waals surface area (Å²) in [6.45, 7) is 19.1. The van der Waals surface area contributed by atoms with E-state index in [0.717, 1.165) is 0 Å². The van der Waals surface area contributed by atoms with Gasteiger partial charge in [-0.15, -0.1) is 0 Å². The van der Waals surface area contributed by atoms with Crippen molar-refractivity contribution in [1.29, 1.82) is 0 Å². The molecule has 0 fully saturated rings. The molecule has 0 rings (SSSR count). The van der Waals surface area contributed by atoms with Crippen molar-refractivity contribution >= 4 is 16.1 Å². The van der Waals surface area contributed by atoms with Crippen LogP contribution in [0.3, 0.4) is 0 Å². The summed E-state index contributed by atoms with van der Waals surface area (Å²) < 4.78 is 0. The molecule has 0 aliphatic rings.